The minimum Gasteiger partial charge on any atom is -0.497 e. The highest BCUT2D eigenvalue weighted by atomic mass is 16.5. The van der Waals surface area contributed by atoms with Gasteiger partial charge in [0, 0.05) is 25.2 Å². The van der Waals surface area contributed by atoms with Gasteiger partial charge in [0.1, 0.15) is 5.75 Å². The number of methoxy groups -OCH3 is 1. The van der Waals surface area contributed by atoms with Crippen LogP contribution in [0.4, 0.5) is 5.69 Å². The largest absolute Gasteiger partial charge is 0.497 e. The molecule has 2 aromatic rings. The average molecular weight is 352 g/mol. The smallest absolute Gasteiger partial charge is 0.229 e. The van der Waals surface area contributed by atoms with Crippen LogP contribution in [0.25, 0.3) is 0 Å². The van der Waals surface area contributed by atoms with Crippen LogP contribution in [-0.4, -0.2) is 30.4 Å². The minimum atomic E-state index is -0.313. The van der Waals surface area contributed by atoms with Gasteiger partial charge in [-0.15, -0.1) is 0 Å². The lowest BCUT2D eigenvalue weighted by molar-refractivity contribution is -0.128. The molecule has 2 amide bonds. The van der Waals surface area contributed by atoms with Gasteiger partial charge in [0.05, 0.1) is 13.0 Å². The lowest BCUT2D eigenvalue weighted by Gasteiger charge is -2.17. The molecule has 0 bridgehead atoms. The van der Waals surface area contributed by atoms with E-state index in [2.05, 4.69) is 12.2 Å². The highest BCUT2D eigenvalue weighted by Crippen LogP contribution is 2.23. The first-order chi connectivity index (χ1) is 12.6. The summed E-state index contributed by atoms with van der Waals surface area (Å²) in [6.45, 7) is 3.05. The Morgan fingerprint density at radius 1 is 1.12 bits per heavy atom. The van der Waals surface area contributed by atoms with Gasteiger partial charge in [-0.1, -0.05) is 31.2 Å². The maximum atomic E-state index is 12.5. The van der Waals surface area contributed by atoms with Crippen LogP contribution in [0.5, 0.6) is 5.75 Å². The van der Waals surface area contributed by atoms with Gasteiger partial charge in [0.2, 0.25) is 11.8 Å². The number of amides is 2. The van der Waals surface area contributed by atoms with Gasteiger partial charge >= 0.3 is 0 Å². The van der Waals surface area contributed by atoms with Crippen molar-refractivity contribution in [3.63, 3.8) is 0 Å². The number of anilines is 1. The Morgan fingerprint density at radius 3 is 2.38 bits per heavy atom. The molecule has 26 heavy (non-hydrogen) atoms. The van der Waals surface area contributed by atoms with Crippen LogP contribution in [0.15, 0.2) is 48.5 Å². The van der Waals surface area contributed by atoms with Gasteiger partial charge in [-0.05, 0) is 41.8 Å². The summed E-state index contributed by atoms with van der Waals surface area (Å²) in [5.74, 6) is 0.390. The Bertz CT molecular complexity index is 769. The van der Waals surface area contributed by atoms with Crippen molar-refractivity contribution in [2.75, 3.05) is 19.0 Å². The summed E-state index contributed by atoms with van der Waals surface area (Å²) >= 11 is 0. The number of ether oxygens (including phenoxy) is 1. The first kappa shape index (κ1) is 18.0. The molecular formula is C21H24N2O3. The second-order valence-electron chi connectivity index (χ2n) is 6.56. The van der Waals surface area contributed by atoms with Crippen LogP contribution < -0.4 is 10.1 Å². The molecule has 1 fully saturated rings. The van der Waals surface area contributed by atoms with Gasteiger partial charge in [-0.2, -0.15) is 0 Å². The SMILES string of the molecule is CCc1ccc(NC(=O)[C@H]2CC(=O)N(Cc3ccc(OC)cc3)C2)cc1. The Balaban J connectivity index is 1.58. The topological polar surface area (TPSA) is 58.6 Å². The average Bonchev–Trinajstić information content (AvgIpc) is 3.03. The molecule has 0 radical (unpaired) electrons. The number of carbonyl (C=O) groups is 2. The molecule has 0 aromatic heterocycles. The zero-order chi connectivity index (χ0) is 18.5. The fourth-order valence-electron chi connectivity index (χ4n) is 3.12. The van der Waals surface area contributed by atoms with Crippen molar-refractivity contribution in [1.82, 2.24) is 4.90 Å². The Morgan fingerprint density at radius 2 is 1.77 bits per heavy atom. The van der Waals surface area contributed by atoms with Crippen molar-refractivity contribution in [3.05, 3.63) is 59.7 Å². The van der Waals surface area contributed by atoms with E-state index in [1.165, 1.54) is 5.56 Å². The van der Waals surface area contributed by atoms with Gasteiger partial charge in [-0.3, -0.25) is 9.59 Å². The van der Waals surface area contributed by atoms with E-state index in [1.807, 2.05) is 48.5 Å². The van der Waals surface area contributed by atoms with Crippen molar-refractivity contribution >= 4 is 17.5 Å². The van der Waals surface area contributed by atoms with Crippen LogP contribution in [0, 0.1) is 5.92 Å². The molecule has 2 aromatic carbocycles. The molecule has 3 rings (SSSR count). The maximum absolute atomic E-state index is 12.5. The highest BCUT2D eigenvalue weighted by Gasteiger charge is 2.34. The van der Waals surface area contributed by atoms with E-state index in [0.29, 0.717) is 13.1 Å². The number of hydrogen-bond donors (Lipinski definition) is 1. The number of benzene rings is 2. The van der Waals surface area contributed by atoms with E-state index in [0.717, 1.165) is 23.4 Å². The summed E-state index contributed by atoms with van der Waals surface area (Å²) < 4.78 is 5.15. The molecular weight excluding hydrogens is 328 g/mol. The standard InChI is InChI=1S/C21H24N2O3/c1-3-15-4-8-18(9-5-15)22-21(25)17-12-20(24)23(14-17)13-16-6-10-19(26-2)11-7-16/h4-11,17H,3,12-14H2,1-2H3,(H,22,25)/t17-/m0/s1. The van der Waals surface area contributed by atoms with Crippen LogP contribution >= 0.6 is 0 Å². The van der Waals surface area contributed by atoms with Gasteiger partial charge in [0.15, 0.2) is 0 Å². The third-order valence-electron chi connectivity index (χ3n) is 4.75. The van der Waals surface area contributed by atoms with E-state index >= 15 is 0 Å². The van der Waals surface area contributed by atoms with E-state index < -0.39 is 0 Å². The predicted molar refractivity (Wildman–Crippen MR) is 101 cm³/mol. The maximum Gasteiger partial charge on any atom is 0.229 e. The summed E-state index contributed by atoms with van der Waals surface area (Å²) in [4.78, 5) is 26.5. The number of nitrogens with zero attached hydrogens (tertiary/aromatic N) is 1. The minimum absolute atomic E-state index is 0.0160. The molecule has 1 heterocycles. The van der Waals surface area contributed by atoms with Crippen molar-refractivity contribution in [1.29, 1.82) is 0 Å². The van der Waals surface area contributed by atoms with E-state index in [1.54, 1.807) is 12.0 Å². The molecule has 0 spiro atoms. The van der Waals surface area contributed by atoms with Crippen LogP contribution in [0.1, 0.15) is 24.5 Å². The van der Waals surface area contributed by atoms with Crippen molar-refractivity contribution in [2.45, 2.75) is 26.3 Å². The molecule has 5 heteroatoms. The van der Waals surface area contributed by atoms with Crippen LogP contribution in [0.3, 0.4) is 0 Å². The first-order valence-corrected chi connectivity index (χ1v) is 8.89. The van der Waals surface area contributed by atoms with E-state index in [-0.39, 0.29) is 24.2 Å². The Labute approximate surface area is 154 Å². The monoisotopic (exact) mass is 352 g/mol. The molecule has 1 saturated heterocycles. The van der Waals surface area contributed by atoms with Crippen molar-refractivity contribution in [2.24, 2.45) is 5.92 Å². The molecule has 1 N–H and O–H groups in total. The fourth-order valence-corrected chi connectivity index (χ4v) is 3.12. The van der Waals surface area contributed by atoms with Gasteiger partial charge in [-0.25, -0.2) is 0 Å². The molecule has 0 aliphatic carbocycles. The summed E-state index contributed by atoms with van der Waals surface area (Å²) in [6.07, 6.45) is 1.22. The van der Waals surface area contributed by atoms with Gasteiger partial charge in [0.25, 0.3) is 0 Å². The first-order valence-electron chi connectivity index (χ1n) is 8.89. The fraction of sp³-hybridized carbons (Fsp3) is 0.333. The number of nitrogens with one attached hydrogen (secondary N) is 1. The summed E-state index contributed by atoms with van der Waals surface area (Å²) in [6, 6.07) is 15.5. The molecule has 0 unspecified atom stereocenters. The molecule has 0 saturated carbocycles. The zero-order valence-corrected chi connectivity index (χ0v) is 15.2. The molecule has 5 nitrogen and oxygen atoms in total. The second kappa shape index (κ2) is 8.04. The van der Waals surface area contributed by atoms with Crippen LogP contribution in [-0.2, 0) is 22.6 Å². The summed E-state index contributed by atoms with van der Waals surface area (Å²) in [5.41, 5.74) is 3.02. The van der Waals surface area contributed by atoms with E-state index in [4.69, 9.17) is 4.74 Å². The van der Waals surface area contributed by atoms with Crippen molar-refractivity contribution < 1.29 is 14.3 Å². The second-order valence-corrected chi connectivity index (χ2v) is 6.56. The Kier molecular flexibility index (Phi) is 5.56. The third kappa shape index (κ3) is 4.23. The molecule has 1 atom stereocenters. The molecule has 136 valence electrons. The molecule has 1 aliphatic rings. The number of likely N-dealkylation sites (tertiary alicyclic amines) is 1. The lowest BCUT2D eigenvalue weighted by atomic mass is 10.1. The zero-order valence-electron chi connectivity index (χ0n) is 15.2. The molecule has 1 aliphatic heterocycles. The van der Waals surface area contributed by atoms with Gasteiger partial charge < -0.3 is 15.0 Å². The third-order valence-corrected chi connectivity index (χ3v) is 4.75. The van der Waals surface area contributed by atoms with Crippen LogP contribution in [0.2, 0.25) is 0 Å². The van der Waals surface area contributed by atoms with Crippen molar-refractivity contribution in [3.8, 4) is 5.75 Å². The number of rotatable bonds is 6. The highest BCUT2D eigenvalue weighted by molar-refractivity contribution is 5.97. The summed E-state index contributed by atoms with van der Waals surface area (Å²) in [5, 5.41) is 2.92. The van der Waals surface area contributed by atoms with E-state index in [9.17, 15) is 9.59 Å². The number of hydrogen-bond acceptors (Lipinski definition) is 3. The normalized spacial score (nSPS) is 16.6. The number of aryl methyl sites for hydroxylation is 1. The lowest BCUT2D eigenvalue weighted by Crippen LogP contribution is -2.28. The quantitative estimate of drug-likeness (QED) is 0.868. The summed E-state index contributed by atoms with van der Waals surface area (Å²) in [7, 11) is 1.62. The number of carbonyl (C=O) groups excluding carboxylic acids is 2. The predicted octanol–water partition coefficient (Wildman–Crippen LogP) is 3.24. The Hall–Kier alpha value is -2.82.